The molecule has 0 saturated carbocycles. The average Bonchev–Trinajstić information content (AvgIpc) is 3.12. The number of pyridine rings is 1. The second-order valence-electron chi connectivity index (χ2n) is 6.19. The number of hydrogen-bond donors (Lipinski definition) is 1. The molecule has 0 amide bonds. The molecule has 28 heavy (non-hydrogen) atoms. The van der Waals surface area contributed by atoms with Crippen molar-refractivity contribution in [3.8, 4) is 11.3 Å². The van der Waals surface area contributed by atoms with Crippen molar-refractivity contribution in [2.45, 2.75) is 13.3 Å². The van der Waals surface area contributed by atoms with E-state index in [9.17, 15) is 4.79 Å². The Morgan fingerprint density at radius 1 is 1.14 bits per heavy atom. The number of carbonyl (C=O) groups excluding carboxylic acids is 1. The molecule has 4 aromatic rings. The van der Waals surface area contributed by atoms with Gasteiger partial charge in [0.1, 0.15) is 5.82 Å². The van der Waals surface area contributed by atoms with E-state index in [4.69, 9.17) is 9.72 Å². The average molecular weight is 373 g/mol. The zero-order chi connectivity index (χ0) is 19.5. The van der Waals surface area contributed by atoms with Gasteiger partial charge in [-0.1, -0.05) is 13.0 Å². The predicted octanol–water partition coefficient (Wildman–Crippen LogP) is 3.88. The molecule has 3 heterocycles. The molecule has 3 aromatic heterocycles. The third-order valence-electron chi connectivity index (χ3n) is 4.42. The van der Waals surface area contributed by atoms with Gasteiger partial charge in [-0.25, -0.2) is 14.3 Å². The summed E-state index contributed by atoms with van der Waals surface area (Å²) < 4.78 is 6.58. The van der Waals surface area contributed by atoms with Crippen molar-refractivity contribution < 1.29 is 9.53 Å². The van der Waals surface area contributed by atoms with Crippen LogP contribution in [-0.4, -0.2) is 32.7 Å². The largest absolute Gasteiger partial charge is 0.465 e. The van der Waals surface area contributed by atoms with Gasteiger partial charge in [0.25, 0.3) is 0 Å². The fourth-order valence-electron chi connectivity index (χ4n) is 3.08. The Bertz CT molecular complexity index is 1140. The lowest BCUT2D eigenvalue weighted by molar-refractivity contribution is 0.0601. The van der Waals surface area contributed by atoms with E-state index in [0.29, 0.717) is 11.4 Å². The maximum absolute atomic E-state index is 11.6. The van der Waals surface area contributed by atoms with E-state index < -0.39 is 0 Å². The highest BCUT2D eigenvalue weighted by atomic mass is 16.5. The summed E-state index contributed by atoms with van der Waals surface area (Å²) in [7, 11) is 1.36. The van der Waals surface area contributed by atoms with E-state index in [2.05, 4.69) is 22.3 Å². The molecular weight excluding hydrogens is 354 g/mol. The van der Waals surface area contributed by atoms with E-state index in [1.54, 1.807) is 36.7 Å². The summed E-state index contributed by atoms with van der Waals surface area (Å²) in [4.78, 5) is 20.6. The monoisotopic (exact) mass is 373 g/mol. The van der Waals surface area contributed by atoms with Gasteiger partial charge >= 0.3 is 5.97 Å². The number of aromatic nitrogens is 4. The van der Waals surface area contributed by atoms with Gasteiger partial charge in [-0.3, -0.25) is 4.98 Å². The number of nitrogens with one attached hydrogen (secondary N) is 1. The molecule has 0 radical (unpaired) electrons. The summed E-state index contributed by atoms with van der Waals surface area (Å²) in [5, 5.41) is 7.86. The number of carbonyl (C=O) groups is 1. The maximum atomic E-state index is 11.6. The van der Waals surface area contributed by atoms with Crippen molar-refractivity contribution in [3.63, 3.8) is 0 Å². The Kier molecular flexibility index (Phi) is 4.72. The minimum atomic E-state index is -0.367. The Balaban J connectivity index is 1.67. The van der Waals surface area contributed by atoms with Crippen LogP contribution in [0.5, 0.6) is 0 Å². The highest BCUT2D eigenvalue weighted by molar-refractivity contribution is 5.89. The van der Waals surface area contributed by atoms with Gasteiger partial charge in [0.05, 0.1) is 47.5 Å². The number of aryl methyl sites for hydroxylation is 1. The second kappa shape index (κ2) is 7.48. The van der Waals surface area contributed by atoms with Gasteiger partial charge < -0.3 is 10.1 Å². The molecule has 140 valence electrons. The van der Waals surface area contributed by atoms with Crippen LogP contribution in [0.1, 0.15) is 23.0 Å². The Morgan fingerprint density at radius 2 is 1.96 bits per heavy atom. The summed E-state index contributed by atoms with van der Waals surface area (Å²) in [6.45, 7) is 2.07. The van der Waals surface area contributed by atoms with Crippen LogP contribution in [0.2, 0.25) is 0 Å². The summed E-state index contributed by atoms with van der Waals surface area (Å²) in [6.07, 6.45) is 6.13. The molecule has 0 aliphatic rings. The third kappa shape index (κ3) is 3.29. The predicted molar refractivity (Wildman–Crippen MR) is 107 cm³/mol. The minimum Gasteiger partial charge on any atom is -0.465 e. The normalized spacial score (nSPS) is 10.8. The summed E-state index contributed by atoms with van der Waals surface area (Å²) in [5.74, 6) is 0.245. The van der Waals surface area contributed by atoms with Crippen LogP contribution in [-0.2, 0) is 11.2 Å². The Hall–Kier alpha value is -3.74. The van der Waals surface area contributed by atoms with Crippen molar-refractivity contribution in [1.29, 1.82) is 0 Å². The number of esters is 1. The van der Waals surface area contributed by atoms with Gasteiger partial charge in [-0.15, -0.1) is 0 Å². The van der Waals surface area contributed by atoms with Crippen molar-refractivity contribution in [1.82, 2.24) is 19.6 Å². The quantitative estimate of drug-likeness (QED) is 0.535. The van der Waals surface area contributed by atoms with Crippen molar-refractivity contribution >= 4 is 23.0 Å². The van der Waals surface area contributed by atoms with E-state index in [1.807, 2.05) is 28.9 Å². The highest BCUT2D eigenvalue weighted by Gasteiger charge is 2.15. The zero-order valence-electron chi connectivity index (χ0n) is 15.6. The molecule has 7 nitrogen and oxygen atoms in total. The summed E-state index contributed by atoms with van der Waals surface area (Å²) in [6, 6.07) is 13.0. The first-order valence-corrected chi connectivity index (χ1v) is 8.93. The van der Waals surface area contributed by atoms with E-state index in [1.165, 1.54) is 7.11 Å². The third-order valence-corrected chi connectivity index (χ3v) is 4.42. The summed E-state index contributed by atoms with van der Waals surface area (Å²) in [5.41, 5.74) is 5.00. The Morgan fingerprint density at radius 3 is 2.71 bits per heavy atom. The lowest BCUT2D eigenvalue weighted by Gasteiger charge is -2.08. The molecule has 1 N–H and O–H groups in total. The first-order chi connectivity index (χ1) is 13.7. The molecule has 0 saturated heterocycles. The van der Waals surface area contributed by atoms with Crippen LogP contribution < -0.4 is 5.32 Å². The van der Waals surface area contributed by atoms with Gasteiger partial charge in [0, 0.05) is 11.9 Å². The lowest BCUT2D eigenvalue weighted by Crippen LogP contribution is -2.01. The van der Waals surface area contributed by atoms with Gasteiger partial charge in [0.2, 0.25) is 0 Å². The molecule has 0 unspecified atom stereocenters. The molecule has 0 spiro atoms. The molecule has 0 bridgehead atoms. The fourth-order valence-corrected chi connectivity index (χ4v) is 3.08. The SMILES string of the molecule is CCc1nn2ccccc2c1-c1cncc(Nc2ccc(C(=O)OC)cc2)n1. The lowest BCUT2D eigenvalue weighted by atomic mass is 10.1. The van der Waals surface area contributed by atoms with Crippen LogP contribution in [0.15, 0.2) is 61.1 Å². The summed E-state index contributed by atoms with van der Waals surface area (Å²) >= 11 is 0. The van der Waals surface area contributed by atoms with Crippen molar-refractivity contribution in [3.05, 3.63) is 72.3 Å². The van der Waals surface area contributed by atoms with E-state index >= 15 is 0 Å². The van der Waals surface area contributed by atoms with Crippen molar-refractivity contribution in [2.75, 3.05) is 12.4 Å². The number of methoxy groups -OCH3 is 1. The molecule has 0 atom stereocenters. The standard InChI is InChI=1S/C21H19N5O2/c1-3-16-20(18-6-4-5-11-26(18)25-16)17-12-22-13-19(24-17)23-15-9-7-14(8-10-15)21(27)28-2/h4-13H,3H2,1-2H3,(H,23,24). The number of benzene rings is 1. The van der Waals surface area contributed by atoms with Crippen LogP contribution in [0.4, 0.5) is 11.5 Å². The minimum absolute atomic E-state index is 0.367. The maximum Gasteiger partial charge on any atom is 0.337 e. The smallest absolute Gasteiger partial charge is 0.337 e. The fraction of sp³-hybridized carbons (Fsp3) is 0.143. The van der Waals surface area contributed by atoms with Crippen molar-refractivity contribution in [2.24, 2.45) is 0 Å². The second-order valence-corrected chi connectivity index (χ2v) is 6.19. The van der Waals surface area contributed by atoms with Gasteiger partial charge in [-0.05, 0) is 42.8 Å². The molecule has 7 heteroatoms. The van der Waals surface area contributed by atoms with E-state index in [-0.39, 0.29) is 5.97 Å². The number of rotatable bonds is 5. The number of fused-ring (bicyclic) bond motifs is 1. The number of hydrogen-bond acceptors (Lipinski definition) is 6. The van der Waals surface area contributed by atoms with Crippen LogP contribution in [0.3, 0.4) is 0 Å². The number of nitrogens with zero attached hydrogens (tertiary/aromatic N) is 4. The van der Waals surface area contributed by atoms with Crippen LogP contribution in [0, 0.1) is 0 Å². The topological polar surface area (TPSA) is 81.4 Å². The molecular formula is C21H19N5O2. The molecule has 0 aliphatic heterocycles. The molecule has 0 aliphatic carbocycles. The molecule has 1 aromatic carbocycles. The zero-order valence-corrected chi connectivity index (χ0v) is 15.6. The number of anilines is 2. The first kappa shape index (κ1) is 17.7. The highest BCUT2D eigenvalue weighted by Crippen LogP contribution is 2.28. The first-order valence-electron chi connectivity index (χ1n) is 8.93. The van der Waals surface area contributed by atoms with Gasteiger partial charge in [0.15, 0.2) is 0 Å². The molecule has 0 fully saturated rings. The van der Waals surface area contributed by atoms with Gasteiger partial charge in [-0.2, -0.15) is 5.10 Å². The number of ether oxygens (including phenoxy) is 1. The molecule has 4 rings (SSSR count). The van der Waals surface area contributed by atoms with Crippen LogP contribution in [0.25, 0.3) is 16.8 Å². The van der Waals surface area contributed by atoms with E-state index in [0.717, 1.165) is 34.6 Å². The van der Waals surface area contributed by atoms with Crippen LogP contribution >= 0.6 is 0 Å². The Labute approximate surface area is 162 Å².